The monoisotopic (exact) mass is 340 g/mol. The zero-order valence-corrected chi connectivity index (χ0v) is 13.3. The Hall–Kier alpha value is -1.91. The molecule has 1 N–H and O–H groups in total. The Balaban J connectivity index is 2.07. The second-order valence-corrected chi connectivity index (χ2v) is 5.34. The van der Waals surface area contributed by atoms with Gasteiger partial charge in [0.25, 0.3) is 0 Å². The number of rotatable bonds is 6. The van der Waals surface area contributed by atoms with E-state index in [2.05, 4.69) is 0 Å². The van der Waals surface area contributed by atoms with Crippen LogP contribution in [0, 0.1) is 0 Å². The molecule has 2 aromatic rings. The van der Waals surface area contributed by atoms with Gasteiger partial charge in [-0.3, -0.25) is 0 Å². The van der Waals surface area contributed by atoms with Gasteiger partial charge in [-0.2, -0.15) is 0 Å². The maximum Gasteiger partial charge on any atom is 0.344 e. The van der Waals surface area contributed by atoms with Gasteiger partial charge in [0.2, 0.25) is 0 Å². The maximum atomic E-state index is 10.9. The fourth-order valence-corrected chi connectivity index (χ4v) is 2.19. The summed E-state index contributed by atoms with van der Waals surface area (Å²) in [5.41, 5.74) is 0. The number of carboxylic acid groups (broad SMARTS) is 1. The number of halogens is 2. The van der Waals surface area contributed by atoms with E-state index in [1.165, 1.54) is 0 Å². The minimum atomic E-state index is -0.990. The first kappa shape index (κ1) is 16.5. The number of hydrogen-bond acceptors (Lipinski definition) is 3. The number of carboxylic acids is 1. The molecule has 1 atom stereocenters. The van der Waals surface area contributed by atoms with Gasteiger partial charge in [-0.05, 0) is 48.9 Å². The highest BCUT2D eigenvalue weighted by molar-refractivity contribution is 6.35. The molecule has 0 aliphatic rings. The van der Waals surface area contributed by atoms with Gasteiger partial charge in [-0.25, -0.2) is 4.79 Å². The van der Waals surface area contributed by atoms with Crippen molar-refractivity contribution in [1.29, 1.82) is 0 Å². The zero-order valence-electron chi connectivity index (χ0n) is 11.8. The van der Waals surface area contributed by atoms with Crippen molar-refractivity contribution in [3.63, 3.8) is 0 Å². The molecule has 2 aromatic carbocycles. The fraction of sp³-hybridized carbons (Fsp3) is 0.188. The molecule has 0 heterocycles. The van der Waals surface area contributed by atoms with Crippen LogP contribution >= 0.6 is 23.2 Å². The van der Waals surface area contributed by atoms with Crippen LogP contribution in [-0.2, 0) is 4.79 Å². The average Bonchev–Trinajstić information content (AvgIpc) is 2.49. The van der Waals surface area contributed by atoms with Gasteiger partial charge in [0.05, 0.1) is 5.02 Å². The van der Waals surface area contributed by atoms with Crippen LogP contribution in [0.3, 0.4) is 0 Å². The smallest absolute Gasteiger partial charge is 0.344 e. The number of ether oxygens (including phenoxy) is 2. The average molecular weight is 341 g/mol. The van der Waals surface area contributed by atoms with Gasteiger partial charge in [0.15, 0.2) is 6.10 Å². The quantitative estimate of drug-likeness (QED) is 0.801. The summed E-state index contributed by atoms with van der Waals surface area (Å²) < 4.78 is 11.0. The van der Waals surface area contributed by atoms with E-state index in [-0.39, 0.29) is 0 Å². The van der Waals surface area contributed by atoms with Crippen LogP contribution in [0.5, 0.6) is 17.2 Å². The van der Waals surface area contributed by atoms with E-state index in [4.69, 9.17) is 37.8 Å². The molecule has 0 bridgehead atoms. The third-order valence-electron chi connectivity index (χ3n) is 2.87. The van der Waals surface area contributed by atoms with Crippen LogP contribution in [0.25, 0.3) is 0 Å². The van der Waals surface area contributed by atoms with Gasteiger partial charge < -0.3 is 14.6 Å². The third kappa shape index (κ3) is 4.29. The van der Waals surface area contributed by atoms with Crippen molar-refractivity contribution in [1.82, 2.24) is 0 Å². The first-order chi connectivity index (χ1) is 10.5. The topological polar surface area (TPSA) is 55.8 Å². The summed E-state index contributed by atoms with van der Waals surface area (Å²) in [6.45, 7) is 1.75. The molecule has 116 valence electrons. The van der Waals surface area contributed by atoms with Gasteiger partial charge in [-0.15, -0.1) is 0 Å². The summed E-state index contributed by atoms with van der Waals surface area (Å²) in [6.07, 6.45) is -0.481. The first-order valence-electron chi connectivity index (χ1n) is 6.62. The first-order valence-corrected chi connectivity index (χ1v) is 7.37. The molecule has 0 radical (unpaired) electrons. The van der Waals surface area contributed by atoms with Crippen molar-refractivity contribution in [2.24, 2.45) is 0 Å². The Labute approximate surface area is 138 Å². The Morgan fingerprint density at radius 1 is 1.14 bits per heavy atom. The summed E-state index contributed by atoms with van der Waals surface area (Å²) in [5.74, 6) is 0.510. The molecular weight excluding hydrogens is 327 g/mol. The molecule has 0 saturated carbocycles. The predicted octanol–water partition coefficient (Wildman–Crippen LogP) is 5.03. The van der Waals surface area contributed by atoms with E-state index in [1.54, 1.807) is 49.4 Å². The Kier molecular flexibility index (Phi) is 5.52. The molecule has 0 aliphatic carbocycles. The van der Waals surface area contributed by atoms with E-state index in [0.717, 1.165) is 0 Å². The summed E-state index contributed by atoms with van der Waals surface area (Å²) in [6, 6.07) is 11.6. The second-order valence-electron chi connectivity index (χ2n) is 4.50. The van der Waals surface area contributed by atoms with E-state index in [0.29, 0.717) is 33.7 Å². The highest BCUT2D eigenvalue weighted by Gasteiger charge is 2.16. The highest BCUT2D eigenvalue weighted by atomic mass is 35.5. The standard InChI is InChI=1S/C16H14Cl2O4/c1-2-14(16(19)20)21-11-4-6-12(7-5-11)22-15-8-3-10(17)9-13(15)18/h3-9,14H,2H2,1H3,(H,19,20). The zero-order chi connectivity index (χ0) is 16.1. The molecule has 0 aliphatic heterocycles. The lowest BCUT2D eigenvalue weighted by Gasteiger charge is -2.13. The predicted molar refractivity (Wildman–Crippen MR) is 85.3 cm³/mol. The molecule has 0 spiro atoms. The lowest BCUT2D eigenvalue weighted by Crippen LogP contribution is -2.25. The van der Waals surface area contributed by atoms with Gasteiger partial charge in [-0.1, -0.05) is 30.1 Å². The highest BCUT2D eigenvalue weighted by Crippen LogP contribution is 2.32. The second kappa shape index (κ2) is 7.38. The Morgan fingerprint density at radius 3 is 2.32 bits per heavy atom. The lowest BCUT2D eigenvalue weighted by molar-refractivity contribution is -0.145. The minimum Gasteiger partial charge on any atom is -0.479 e. The molecule has 0 aromatic heterocycles. The maximum absolute atomic E-state index is 10.9. The fourth-order valence-electron chi connectivity index (χ4n) is 1.74. The molecule has 0 saturated heterocycles. The van der Waals surface area contributed by atoms with Crippen molar-refractivity contribution in [3.05, 3.63) is 52.5 Å². The third-order valence-corrected chi connectivity index (χ3v) is 3.40. The van der Waals surface area contributed by atoms with Crippen LogP contribution in [0.1, 0.15) is 13.3 Å². The van der Waals surface area contributed by atoms with Gasteiger partial charge in [0.1, 0.15) is 17.2 Å². The molecule has 2 rings (SSSR count). The van der Waals surface area contributed by atoms with Crippen LogP contribution in [-0.4, -0.2) is 17.2 Å². The van der Waals surface area contributed by atoms with E-state index in [1.807, 2.05) is 0 Å². The molecule has 0 fully saturated rings. The van der Waals surface area contributed by atoms with E-state index < -0.39 is 12.1 Å². The number of benzene rings is 2. The Morgan fingerprint density at radius 2 is 1.77 bits per heavy atom. The van der Waals surface area contributed by atoms with Crippen LogP contribution in [0.2, 0.25) is 10.0 Å². The van der Waals surface area contributed by atoms with E-state index in [9.17, 15) is 4.79 Å². The van der Waals surface area contributed by atoms with Gasteiger partial charge in [0, 0.05) is 5.02 Å². The van der Waals surface area contributed by atoms with Crippen LogP contribution in [0.4, 0.5) is 0 Å². The van der Waals surface area contributed by atoms with Crippen molar-refractivity contribution in [2.45, 2.75) is 19.4 Å². The molecular formula is C16H14Cl2O4. The summed E-state index contributed by atoms with van der Waals surface area (Å²) in [4.78, 5) is 10.9. The van der Waals surface area contributed by atoms with Crippen molar-refractivity contribution >= 4 is 29.2 Å². The normalized spacial score (nSPS) is 11.8. The SMILES string of the molecule is CCC(Oc1ccc(Oc2ccc(Cl)cc2Cl)cc1)C(=O)O. The van der Waals surface area contributed by atoms with Crippen molar-refractivity contribution < 1.29 is 19.4 Å². The van der Waals surface area contributed by atoms with Gasteiger partial charge >= 0.3 is 5.97 Å². The lowest BCUT2D eigenvalue weighted by atomic mass is 10.2. The molecule has 0 amide bonds. The molecule has 4 nitrogen and oxygen atoms in total. The molecule has 1 unspecified atom stereocenters. The van der Waals surface area contributed by atoms with Crippen LogP contribution in [0.15, 0.2) is 42.5 Å². The number of carbonyl (C=O) groups is 1. The number of hydrogen-bond donors (Lipinski definition) is 1. The van der Waals surface area contributed by atoms with Crippen LogP contribution < -0.4 is 9.47 Å². The van der Waals surface area contributed by atoms with Crippen molar-refractivity contribution in [3.8, 4) is 17.2 Å². The molecule has 22 heavy (non-hydrogen) atoms. The molecule has 6 heteroatoms. The summed E-state index contributed by atoms with van der Waals surface area (Å²) in [7, 11) is 0. The van der Waals surface area contributed by atoms with Crippen molar-refractivity contribution in [2.75, 3.05) is 0 Å². The van der Waals surface area contributed by atoms with E-state index >= 15 is 0 Å². The summed E-state index contributed by atoms with van der Waals surface area (Å²) >= 11 is 11.9. The number of aliphatic carboxylic acids is 1. The Bertz CT molecular complexity index is 656. The minimum absolute atomic E-state index is 0.383. The summed E-state index contributed by atoms with van der Waals surface area (Å²) in [5, 5.41) is 9.90. The largest absolute Gasteiger partial charge is 0.479 e.